The van der Waals surface area contributed by atoms with Crippen molar-refractivity contribution in [3.63, 3.8) is 0 Å². The Morgan fingerprint density at radius 2 is 1.39 bits per heavy atom. The van der Waals surface area contributed by atoms with Crippen LogP contribution in [0.3, 0.4) is 0 Å². The minimum atomic E-state index is 0.815. The maximum Gasteiger partial charge on any atom is 0.195 e. The molecule has 2 heterocycles. The standard InChI is InChI=1S/C24H24N2O2/c1-2-3-4-5-6-7-8-22-26-24-19-10-9-18-16(17(19)12-14-21(24)28-22)11-13-20-23(18)25-15-27-20/h9-15H,2-8H2,1H3. The number of aryl methyl sites for hydroxylation is 1. The first-order chi connectivity index (χ1) is 13.8. The van der Waals surface area contributed by atoms with Gasteiger partial charge in [0.15, 0.2) is 23.5 Å². The first-order valence-corrected chi connectivity index (χ1v) is 10.3. The second-order valence-electron chi connectivity index (χ2n) is 7.56. The molecule has 0 fully saturated rings. The summed E-state index contributed by atoms with van der Waals surface area (Å²) in [6.07, 6.45) is 10.1. The van der Waals surface area contributed by atoms with Crippen LogP contribution in [0.1, 0.15) is 51.3 Å². The third-order valence-corrected chi connectivity index (χ3v) is 5.64. The molecule has 0 unspecified atom stereocenters. The predicted molar refractivity (Wildman–Crippen MR) is 114 cm³/mol. The van der Waals surface area contributed by atoms with Gasteiger partial charge in [-0.25, -0.2) is 9.97 Å². The summed E-state index contributed by atoms with van der Waals surface area (Å²) in [7, 11) is 0. The van der Waals surface area contributed by atoms with E-state index >= 15 is 0 Å². The number of rotatable bonds is 7. The second-order valence-corrected chi connectivity index (χ2v) is 7.56. The van der Waals surface area contributed by atoms with Gasteiger partial charge in [-0.2, -0.15) is 0 Å². The summed E-state index contributed by atoms with van der Waals surface area (Å²) in [4.78, 5) is 9.21. The van der Waals surface area contributed by atoms with E-state index in [2.05, 4.69) is 36.2 Å². The lowest BCUT2D eigenvalue weighted by Gasteiger charge is -2.04. The van der Waals surface area contributed by atoms with E-state index in [1.54, 1.807) is 0 Å². The van der Waals surface area contributed by atoms with Crippen molar-refractivity contribution in [3.05, 3.63) is 48.7 Å². The van der Waals surface area contributed by atoms with Crippen molar-refractivity contribution < 1.29 is 8.83 Å². The normalized spacial score (nSPS) is 12.0. The minimum Gasteiger partial charge on any atom is -0.443 e. The summed E-state index contributed by atoms with van der Waals surface area (Å²) in [5.41, 5.74) is 3.55. The highest BCUT2D eigenvalue weighted by Crippen LogP contribution is 2.34. The van der Waals surface area contributed by atoms with Gasteiger partial charge in [-0.05, 0) is 41.5 Å². The van der Waals surface area contributed by atoms with Crippen LogP contribution in [0.25, 0.3) is 43.7 Å². The fourth-order valence-corrected chi connectivity index (χ4v) is 4.15. The molecule has 0 saturated heterocycles. The van der Waals surface area contributed by atoms with E-state index in [1.165, 1.54) is 49.3 Å². The molecule has 0 atom stereocenters. The smallest absolute Gasteiger partial charge is 0.195 e. The fraction of sp³-hybridized carbons (Fsp3) is 0.333. The molecule has 0 spiro atoms. The van der Waals surface area contributed by atoms with Gasteiger partial charge in [0, 0.05) is 17.2 Å². The summed E-state index contributed by atoms with van der Waals surface area (Å²) >= 11 is 0. The summed E-state index contributed by atoms with van der Waals surface area (Å²) in [6, 6.07) is 12.5. The van der Waals surface area contributed by atoms with E-state index in [0.717, 1.165) is 51.7 Å². The average Bonchev–Trinajstić information content (AvgIpc) is 3.36. The number of benzene rings is 3. The molecule has 4 nitrogen and oxygen atoms in total. The lowest BCUT2D eigenvalue weighted by atomic mass is 10.0. The Labute approximate surface area is 163 Å². The lowest BCUT2D eigenvalue weighted by Crippen LogP contribution is -1.86. The molecule has 142 valence electrons. The Kier molecular flexibility index (Phi) is 4.47. The van der Waals surface area contributed by atoms with Crippen LogP contribution in [0.4, 0.5) is 0 Å². The fourth-order valence-electron chi connectivity index (χ4n) is 4.15. The number of unbranched alkanes of at least 4 members (excludes halogenated alkanes) is 5. The Hall–Kier alpha value is -2.88. The zero-order valence-corrected chi connectivity index (χ0v) is 16.2. The monoisotopic (exact) mass is 372 g/mol. The summed E-state index contributed by atoms with van der Waals surface area (Å²) in [5.74, 6) is 0.852. The molecule has 28 heavy (non-hydrogen) atoms. The zero-order valence-electron chi connectivity index (χ0n) is 16.2. The van der Waals surface area contributed by atoms with Gasteiger partial charge >= 0.3 is 0 Å². The number of nitrogens with zero attached hydrogens (tertiary/aromatic N) is 2. The van der Waals surface area contributed by atoms with Crippen LogP contribution in [-0.2, 0) is 6.42 Å². The van der Waals surface area contributed by atoms with E-state index in [1.807, 2.05) is 12.1 Å². The molecule has 0 aliphatic heterocycles. The maximum atomic E-state index is 6.04. The minimum absolute atomic E-state index is 0.815. The Balaban J connectivity index is 1.49. The van der Waals surface area contributed by atoms with Crippen molar-refractivity contribution in [1.82, 2.24) is 9.97 Å². The van der Waals surface area contributed by atoms with E-state index < -0.39 is 0 Å². The van der Waals surface area contributed by atoms with Crippen molar-refractivity contribution in [1.29, 1.82) is 0 Å². The van der Waals surface area contributed by atoms with Crippen molar-refractivity contribution in [2.24, 2.45) is 0 Å². The molecule has 5 aromatic rings. The molecule has 0 N–H and O–H groups in total. The molecule has 0 bridgehead atoms. The first kappa shape index (κ1) is 17.2. The molecule has 3 aromatic carbocycles. The molecule has 0 amide bonds. The molecule has 2 aromatic heterocycles. The number of hydrogen-bond donors (Lipinski definition) is 0. The van der Waals surface area contributed by atoms with Gasteiger partial charge in [0.25, 0.3) is 0 Å². The van der Waals surface area contributed by atoms with Gasteiger partial charge in [0.1, 0.15) is 11.0 Å². The van der Waals surface area contributed by atoms with E-state index in [-0.39, 0.29) is 0 Å². The second kappa shape index (κ2) is 7.27. The molecule has 5 rings (SSSR count). The lowest BCUT2D eigenvalue weighted by molar-refractivity contribution is 0.505. The molecular weight excluding hydrogens is 348 g/mol. The summed E-state index contributed by atoms with van der Waals surface area (Å²) in [5, 5.41) is 4.58. The van der Waals surface area contributed by atoms with Crippen LogP contribution in [0.5, 0.6) is 0 Å². The SMILES string of the molecule is CCCCCCCCc1nc2c(ccc3c4ccc5ocnc5c4ccc32)o1. The number of hydrogen-bond acceptors (Lipinski definition) is 4. The first-order valence-electron chi connectivity index (χ1n) is 10.3. The van der Waals surface area contributed by atoms with Crippen molar-refractivity contribution in [2.75, 3.05) is 0 Å². The summed E-state index contributed by atoms with van der Waals surface area (Å²) in [6.45, 7) is 2.25. The van der Waals surface area contributed by atoms with Crippen LogP contribution in [0.2, 0.25) is 0 Å². The van der Waals surface area contributed by atoms with Gasteiger partial charge in [0.2, 0.25) is 0 Å². The third-order valence-electron chi connectivity index (χ3n) is 5.64. The molecule has 0 saturated carbocycles. The van der Waals surface area contributed by atoms with Crippen molar-refractivity contribution in [2.45, 2.75) is 51.9 Å². The number of oxazole rings is 2. The Morgan fingerprint density at radius 3 is 2.21 bits per heavy atom. The predicted octanol–water partition coefficient (Wildman–Crippen LogP) is 7.18. The van der Waals surface area contributed by atoms with Crippen LogP contribution in [0, 0.1) is 0 Å². The summed E-state index contributed by atoms with van der Waals surface area (Å²) < 4.78 is 11.5. The van der Waals surface area contributed by atoms with Gasteiger partial charge < -0.3 is 8.83 Å². The third kappa shape index (κ3) is 2.93. The van der Waals surface area contributed by atoms with Crippen molar-refractivity contribution >= 4 is 43.7 Å². The zero-order chi connectivity index (χ0) is 18.9. The van der Waals surface area contributed by atoms with E-state index in [4.69, 9.17) is 13.8 Å². The molecule has 0 aliphatic carbocycles. The highest BCUT2D eigenvalue weighted by atomic mass is 16.3. The Bertz CT molecular complexity index is 1270. The molecular formula is C24H24N2O2. The van der Waals surface area contributed by atoms with Crippen LogP contribution in [-0.4, -0.2) is 9.97 Å². The van der Waals surface area contributed by atoms with Crippen LogP contribution < -0.4 is 0 Å². The van der Waals surface area contributed by atoms with E-state index in [9.17, 15) is 0 Å². The average molecular weight is 372 g/mol. The number of fused-ring (bicyclic) bond motifs is 7. The molecule has 0 aliphatic rings. The largest absolute Gasteiger partial charge is 0.443 e. The quantitative estimate of drug-likeness (QED) is 0.224. The van der Waals surface area contributed by atoms with Gasteiger partial charge in [-0.3, -0.25) is 0 Å². The topological polar surface area (TPSA) is 52.1 Å². The maximum absolute atomic E-state index is 6.04. The Morgan fingerprint density at radius 1 is 0.714 bits per heavy atom. The van der Waals surface area contributed by atoms with Crippen molar-refractivity contribution in [3.8, 4) is 0 Å². The highest BCUT2D eigenvalue weighted by Gasteiger charge is 2.13. The molecule has 4 heteroatoms. The van der Waals surface area contributed by atoms with Gasteiger partial charge in [-0.1, -0.05) is 51.2 Å². The molecule has 0 radical (unpaired) electrons. The van der Waals surface area contributed by atoms with Gasteiger partial charge in [-0.15, -0.1) is 0 Å². The number of aromatic nitrogens is 2. The van der Waals surface area contributed by atoms with Crippen LogP contribution in [0.15, 0.2) is 51.6 Å². The van der Waals surface area contributed by atoms with Gasteiger partial charge in [0.05, 0.1) is 0 Å². The highest BCUT2D eigenvalue weighted by molar-refractivity contribution is 6.19. The van der Waals surface area contributed by atoms with E-state index in [0.29, 0.717) is 0 Å². The van der Waals surface area contributed by atoms with Crippen LogP contribution >= 0.6 is 0 Å².